The lowest BCUT2D eigenvalue weighted by molar-refractivity contribution is 1.66. The average Bonchev–Trinajstić information content (AvgIpc) is 3.06. The van der Waals surface area contributed by atoms with Crippen LogP contribution in [-0.4, -0.2) is 0 Å². The summed E-state index contributed by atoms with van der Waals surface area (Å²) in [5, 5.41) is 11.1. The quantitative estimate of drug-likeness (QED) is 0.181. The zero-order valence-electron chi connectivity index (χ0n) is 22.2. The Balaban J connectivity index is 1.82. The van der Waals surface area contributed by atoms with Gasteiger partial charge < -0.3 is 0 Å². The van der Waals surface area contributed by atoms with Crippen molar-refractivity contribution in [2.75, 3.05) is 5.09 Å². The first kappa shape index (κ1) is 26.5. The first-order valence-corrected chi connectivity index (χ1v) is 19.3. The van der Waals surface area contributed by atoms with Crippen molar-refractivity contribution in [3.05, 3.63) is 182 Å². The molecule has 0 saturated heterocycles. The van der Waals surface area contributed by atoms with Crippen LogP contribution in [0.3, 0.4) is 0 Å². The Morgan fingerprint density at radius 2 is 0.675 bits per heavy atom. The van der Waals surface area contributed by atoms with Gasteiger partial charge in [0.25, 0.3) is 0 Å². The van der Waals surface area contributed by atoms with Crippen LogP contribution in [0, 0.1) is 0 Å². The molecule has 0 aliphatic rings. The maximum absolute atomic E-state index is 4.22. The Morgan fingerprint density at radius 3 is 1.02 bits per heavy atom. The number of hydrogen-bond acceptors (Lipinski definition) is 1. The van der Waals surface area contributed by atoms with E-state index in [-0.39, 0.29) is 0 Å². The summed E-state index contributed by atoms with van der Waals surface area (Å²) in [5.41, 5.74) is 1.14. The largest absolute Gasteiger partial charge is 0.244 e. The SMILES string of the molecule is c1ccc(N[P+](P=P(c2ccccc2)(c2ccccc2)c2ccccc2)(c2ccccc2)c2ccccc2)cc1. The number of nitrogens with one attached hydrogen (secondary N) is 1. The standard InChI is InChI=1S/C36H31NP3/c1-7-19-31(20-8-1)37-40(35-27-15-5-16-28-35,36-29-17-6-18-30-36)38-39(32-21-9-2-10-22-32,33-23-11-3-12-24-33)34-25-13-4-14-26-34/h1-30,37H/q+1. The van der Waals surface area contributed by atoms with Crippen LogP contribution >= 0.6 is 21.2 Å². The first-order valence-electron chi connectivity index (χ1n) is 13.5. The number of benzene rings is 6. The van der Waals surface area contributed by atoms with E-state index in [1.54, 1.807) is 0 Å². The van der Waals surface area contributed by atoms with Gasteiger partial charge in [-0.05, 0) is 52.3 Å². The van der Waals surface area contributed by atoms with Gasteiger partial charge in [-0.1, -0.05) is 146 Å². The highest BCUT2D eigenvalue weighted by Crippen LogP contribution is 2.77. The summed E-state index contributed by atoms with van der Waals surface area (Å²) in [4.78, 5) is 0. The van der Waals surface area contributed by atoms with Gasteiger partial charge in [-0.3, -0.25) is 0 Å². The molecule has 0 unspecified atom stereocenters. The molecule has 0 spiro atoms. The minimum Gasteiger partial charge on any atom is -0.244 e. The zero-order chi connectivity index (χ0) is 27.1. The van der Waals surface area contributed by atoms with Crippen LogP contribution in [0.1, 0.15) is 0 Å². The summed E-state index contributed by atoms with van der Waals surface area (Å²) >= 11 is 0. The van der Waals surface area contributed by atoms with E-state index >= 15 is 0 Å². The highest BCUT2D eigenvalue weighted by atomic mass is 32.3. The van der Waals surface area contributed by atoms with Crippen molar-refractivity contribution < 1.29 is 0 Å². The van der Waals surface area contributed by atoms with Crippen molar-refractivity contribution >= 4 is 53.4 Å². The molecule has 6 rings (SSSR count). The molecule has 0 aliphatic carbocycles. The highest BCUT2D eigenvalue weighted by molar-refractivity contribution is 8.53. The zero-order valence-corrected chi connectivity index (χ0v) is 24.8. The topological polar surface area (TPSA) is 12.0 Å². The Kier molecular flexibility index (Phi) is 8.09. The second kappa shape index (κ2) is 12.2. The smallest absolute Gasteiger partial charge is 0.216 e. The maximum atomic E-state index is 4.22. The van der Waals surface area contributed by atoms with Gasteiger partial charge in [-0.2, -0.15) is 0 Å². The molecule has 1 nitrogen and oxygen atoms in total. The normalized spacial score (nSPS) is 11.7. The van der Waals surface area contributed by atoms with Gasteiger partial charge in [0.2, 0.25) is 7.10 Å². The number of hydrogen-bond donors (Lipinski definition) is 1. The molecule has 6 aromatic carbocycles. The fourth-order valence-corrected chi connectivity index (χ4v) is 25.0. The van der Waals surface area contributed by atoms with Crippen molar-refractivity contribution in [1.82, 2.24) is 0 Å². The van der Waals surface area contributed by atoms with Crippen molar-refractivity contribution in [1.29, 1.82) is 0 Å². The van der Waals surface area contributed by atoms with Gasteiger partial charge in [-0.15, -0.1) is 0 Å². The molecule has 0 fully saturated rings. The number of rotatable bonds is 8. The minimum atomic E-state index is -2.27. The molecule has 0 bridgehead atoms. The monoisotopic (exact) mass is 570 g/mol. The molecule has 0 amide bonds. The van der Waals surface area contributed by atoms with Gasteiger partial charge in [0.1, 0.15) is 18.2 Å². The molecule has 0 aromatic heterocycles. The van der Waals surface area contributed by atoms with Gasteiger partial charge in [0, 0.05) is 6.55 Å². The number of para-hydroxylation sites is 1. The molecule has 0 radical (unpaired) electrons. The van der Waals surface area contributed by atoms with Crippen LogP contribution in [0.25, 0.3) is 0 Å². The van der Waals surface area contributed by atoms with Crippen LogP contribution in [-0.2, 0) is 0 Å². The summed E-state index contributed by atoms with van der Waals surface area (Å²) in [7, 11) is -0.902. The van der Waals surface area contributed by atoms with Gasteiger partial charge in [0.05, 0.1) is 5.69 Å². The second-order valence-corrected chi connectivity index (χ2v) is 20.8. The van der Waals surface area contributed by atoms with Crippen molar-refractivity contribution in [3.8, 4) is 0 Å². The molecular formula is C36H31NP3+. The van der Waals surface area contributed by atoms with Crippen molar-refractivity contribution in [2.45, 2.75) is 0 Å². The molecule has 1 N–H and O–H groups in total. The third kappa shape index (κ3) is 5.22. The lowest BCUT2D eigenvalue weighted by Crippen LogP contribution is -2.28. The van der Waals surface area contributed by atoms with E-state index in [9.17, 15) is 0 Å². The van der Waals surface area contributed by atoms with E-state index in [1.807, 2.05) is 0 Å². The predicted molar refractivity (Wildman–Crippen MR) is 181 cm³/mol. The molecule has 0 atom stereocenters. The molecule has 0 aliphatic heterocycles. The Morgan fingerprint density at radius 1 is 0.375 bits per heavy atom. The molecule has 40 heavy (non-hydrogen) atoms. The minimum absolute atomic E-state index is 1.14. The van der Waals surface area contributed by atoms with Gasteiger partial charge in [0.15, 0.2) is 0 Å². The highest BCUT2D eigenvalue weighted by Gasteiger charge is 2.47. The number of anilines is 1. The third-order valence-corrected chi connectivity index (χ3v) is 23.5. The van der Waals surface area contributed by atoms with E-state index in [2.05, 4.69) is 187 Å². The van der Waals surface area contributed by atoms with Gasteiger partial charge >= 0.3 is 0 Å². The molecule has 0 heterocycles. The molecule has 0 saturated carbocycles. The van der Waals surface area contributed by atoms with E-state index in [4.69, 9.17) is 0 Å². The van der Waals surface area contributed by atoms with Crippen LogP contribution in [0.15, 0.2) is 182 Å². The molecular weight excluding hydrogens is 539 g/mol. The molecule has 4 heteroatoms. The Bertz CT molecular complexity index is 1550. The maximum Gasteiger partial charge on any atom is 0.216 e. The summed E-state index contributed by atoms with van der Waals surface area (Å²) < 4.78 is 0. The first-order chi connectivity index (χ1) is 19.8. The van der Waals surface area contributed by atoms with E-state index < -0.39 is 13.7 Å². The summed E-state index contributed by atoms with van der Waals surface area (Å²) in [5.74, 6) is 0. The second-order valence-electron chi connectivity index (χ2n) is 9.52. The third-order valence-electron chi connectivity index (χ3n) is 6.98. The van der Waals surface area contributed by atoms with Crippen LogP contribution < -0.4 is 31.6 Å². The van der Waals surface area contributed by atoms with Crippen LogP contribution in [0.4, 0.5) is 5.69 Å². The van der Waals surface area contributed by atoms with E-state index in [1.165, 1.54) is 34.1 Å². The lowest BCUT2D eigenvalue weighted by Gasteiger charge is -2.32. The Hall–Kier alpha value is -3.72. The van der Waals surface area contributed by atoms with E-state index in [0.29, 0.717) is 0 Å². The van der Waals surface area contributed by atoms with E-state index in [0.717, 1.165) is 5.69 Å². The Labute approximate surface area is 239 Å². The van der Waals surface area contributed by atoms with Crippen LogP contribution in [0.2, 0.25) is 0 Å². The van der Waals surface area contributed by atoms with Crippen LogP contribution in [0.5, 0.6) is 0 Å². The molecule has 6 aromatic rings. The summed E-state index contributed by atoms with van der Waals surface area (Å²) in [6, 6.07) is 66.6. The molecule has 194 valence electrons. The van der Waals surface area contributed by atoms with Gasteiger partial charge in [-0.25, -0.2) is 5.09 Å². The fraction of sp³-hybridized carbons (Fsp3) is 0. The summed E-state index contributed by atoms with van der Waals surface area (Å²) in [6.45, 7) is -2.18. The average molecular weight is 571 g/mol. The lowest BCUT2D eigenvalue weighted by atomic mass is 10.3. The predicted octanol–water partition coefficient (Wildman–Crippen LogP) is 8.45. The van der Waals surface area contributed by atoms with Crippen molar-refractivity contribution in [2.24, 2.45) is 0 Å². The van der Waals surface area contributed by atoms with Crippen molar-refractivity contribution in [3.63, 3.8) is 0 Å². The summed E-state index contributed by atoms with van der Waals surface area (Å²) in [6.07, 6.45) is 0. The fourth-order valence-electron chi connectivity index (χ4n) is 5.13.